The van der Waals surface area contributed by atoms with E-state index in [-0.39, 0.29) is 5.92 Å². The molecule has 0 aliphatic carbocycles. The number of rotatable bonds is 7. The number of hydrogen-bond acceptors (Lipinski definition) is 2. The summed E-state index contributed by atoms with van der Waals surface area (Å²) in [6.45, 7) is 4.14. The first-order valence-corrected chi connectivity index (χ1v) is 8.15. The van der Waals surface area contributed by atoms with Gasteiger partial charge < -0.3 is 5.32 Å². The number of benzene rings is 1. The predicted molar refractivity (Wildman–Crippen MR) is 84.2 cm³/mol. The first-order valence-electron chi connectivity index (χ1n) is 8.15. The smallest absolute Gasteiger partial charge is 0.167 e. The Morgan fingerprint density at radius 1 is 1.20 bits per heavy atom. The zero-order chi connectivity index (χ0) is 14.2. The monoisotopic (exact) mass is 273 g/mol. The first kappa shape index (κ1) is 15.2. The molecule has 1 saturated heterocycles. The maximum atomic E-state index is 12.4. The quantitative estimate of drug-likeness (QED) is 0.601. The highest BCUT2D eigenvalue weighted by atomic mass is 16.1. The lowest BCUT2D eigenvalue weighted by atomic mass is 9.90. The Hall–Kier alpha value is -1.15. The van der Waals surface area contributed by atoms with Gasteiger partial charge in [0.05, 0.1) is 0 Å². The molecule has 0 bridgehead atoms. The summed E-state index contributed by atoms with van der Waals surface area (Å²) >= 11 is 0. The largest absolute Gasteiger partial charge is 0.316 e. The fourth-order valence-electron chi connectivity index (χ4n) is 2.90. The summed E-state index contributed by atoms with van der Waals surface area (Å²) in [4.78, 5) is 12.4. The molecule has 20 heavy (non-hydrogen) atoms. The van der Waals surface area contributed by atoms with Crippen LogP contribution in [-0.4, -0.2) is 18.9 Å². The van der Waals surface area contributed by atoms with Crippen molar-refractivity contribution in [2.75, 3.05) is 13.1 Å². The van der Waals surface area contributed by atoms with E-state index in [1.807, 2.05) is 12.1 Å². The van der Waals surface area contributed by atoms with E-state index >= 15 is 0 Å². The second-order valence-electron chi connectivity index (χ2n) is 5.92. The predicted octanol–water partition coefficient (Wildman–Crippen LogP) is 3.99. The van der Waals surface area contributed by atoms with Gasteiger partial charge in [-0.3, -0.25) is 4.79 Å². The Morgan fingerprint density at radius 2 is 2.00 bits per heavy atom. The van der Waals surface area contributed by atoms with E-state index in [1.54, 1.807) is 0 Å². The summed E-state index contributed by atoms with van der Waals surface area (Å²) in [6, 6.07) is 8.31. The molecule has 1 unspecified atom stereocenters. The molecule has 0 amide bonds. The molecule has 0 saturated carbocycles. The standard InChI is InChI=1S/C18H27NO/c1-2-3-4-5-7-15-9-11-16(12-10-15)18(20)17-8-6-13-19-14-17/h9-12,17,19H,2-8,13-14H2,1H3. The van der Waals surface area contributed by atoms with E-state index in [0.29, 0.717) is 5.78 Å². The SMILES string of the molecule is CCCCCCc1ccc(C(=O)C2CCCNC2)cc1. The molecule has 2 rings (SSSR count). The fraction of sp³-hybridized carbons (Fsp3) is 0.611. The normalized spacial score (nSPS) is 18.9. The van der Waals surface area contributed by atoms with Gasteiger partial charge in [-0.1, -0.05) is 50.5 Å². The lowest BCUT2D eigenvalue weighted by Gasteiger charge is -2.21. The maximum absolute atomic E-state index is 12.4. The van der Waals surface area contributed by atoms with Crippen molar-refractivity contribution in [1.29, 1.82) is 0 Å². The molecule has 1 fully saturated rings. The molecule has 1 N–H and O–H groups in total. The number of hydrogen-bond donors (Lipinski definition) is 1. The van der Waals surface area contributed by atoms with Gasteiger partial charge in [-0.05, 0) is 37.8 Å². The average molecular weight is 273 g/mol. The third-order valence-corrected chi connectivity index (χ3v) is 4.23. The van der Waals surface area contributed by atoms with E-state index < -0.39 is 0 Å². The Bertz CT molecular complexity index is 404. The minimum atomic E-state index is 0.180. The highest BCUT2D eigenvalue weighted by Gasteiger charge is 2.21. The Morgan fingerprint density at radius 3 is 2.65 bits per heavy atom. The third-order valence-electron chi connectivity index (χ3n) is 4.23. The minimum absolute atomic E-state index is 0.180. The highest BCUT2D eigenvalue weighted by Crippen LogP contribution is 2.17. The minimum Gasteiger partial charge on any atom is -0.316 e. The summed E-state index contributed by atoms with van der Waals surface area (Å²) in [5.74, 6) is 0.494. The highest BCUT2D eigenvalue weighted by molar-refractivity contribution is 5.98. The first-order chi connectivity index (χ1) is 9.81. The van der Waals surface area contributed by atoms with Crippen molar-refractivity contribution in [3.05, 3.63) is 35.4 Å². The Kier molecular flexibility index (Phi) is 6.25. The van der Waals surface area contributed by atoms with Crippen LogP contribution in [0.25, 0.3) is 0 Å². The van der Waals surface area contributed by atoms with Crippen LogP contribution in [0, 0.1) is 5.92 Å². The number of nitrogens with one attached hydrogen (secondary N) is 1. The third kappa shape index (κ3) is 4.45. The van der Waals surface area contributed by atoms with Gasteiger partial charge in [-0.15, -0.1) is 0 Å². The van der Waals surface area contributed by atoms with Crippen LogP contribution in [0.4, 0.5) is 0 Å². The summed E-state index contributed by atoms with van der Waals surface area (Å²) in [6.07, 6.45) is 8.46. The number of piperidine rings is 1. The molecular formula is C18H27NO. The van der Waals surface area contributed by atoms with Crippen molar-refractivity contribution in [2.24, 2.45) is 5.92 Å². The van der Waals surface area contributed by atoms with Crippen molar-refractivity contribution >= 4 is 5.78 Å². The van der Waals surface area contributed by atoms with Gasteiger partial charge in [-0.2, -0.15) is 0 Å². The van der Waals surface area contributed by atoms with Crippen molar-refractivity contribution < 1.29 is 4.79 Å². The van der Waals surface area contributed by atoms with E-state index in [1.165, 1.54) is 31.2 Å². The molecular weight excluding hydrogens is 246 g/mol. The van der Waals surface area contributed by atoms with Crippen LogP contribution >= 0.6 is 0 Å². The van der Waals surface area contributed by atoms with E-state index in [4.69, 9.17) is 0 Å². The van der Waals surface area contributed by atoms with Crippen LogP contribution in [0.2, 0.25) is 0 Å². The fourth-order valence-corrected chi connectivity index (χ4v) is 2.90. The van der Waals surface area contributed by atoms with Crippen molar-refractivity contribution in [3.63, 3.8) is 0 Å². The zero-order valence-electron chi connectivity index (χ0n) is 12.7. The van der Waals surface area contributed by atoms with Crippen molar-refractivity contribution in [3.8, 4) is 0 Å². The number of aryl methyl sites for hydroxylation is 1. The van der Waals surface area contributed by atoms with Crippen LogP contribution in [0.5, 0.6) is 0 Å². The molecule has 0 aromatic heterocycles. The molecule has 2 nitrogen and oxygen atoms in total. The summed E-state index contributed by atoms with van der Waals surface area (Å²) in [7, 11) is 0. The Balaban J connectivity index is 1.85. The number of carbonyl (C=O) groups excluding carboxylic acids is 1. The van der Waals surface area contributed by atoms with Gasteiger partial charge in [0.2, 0.25) is 0 Å². The van der Waals surface area contributed by atoms with Crippen LogP contribution in [0.15, 0.2) is 24.3 Å². The van der Waals surface area contributed by atoms with E-state index in [9.17, 15) is 4.79 Å². The second-order valence-corrected chi connectivity index (χ2v) is 5.92. The van der Waals surface area contributed by atoms with Gasteiger partial charge in [0.25, 0.3) is 0 Å². The molecule has 0 radical (unpaired) electrons. The van der Waals surface area contributed by atoms with Crippen LogP contribution < -0.4 is 5.32 Å². The average Bonchev–Trinajstić information content (AvgIpc) is 2.52. The second kappa shape index (κ2) is 8.21. The summed E-state index contributed by atoms with van der Waals surface area (Å²) in [5, 5.41) is 3.32. The van der Waals surface area contributed by atoms with Crippen LogP contribution in [0.1, 0.15) is 61.4 Å². The van der Waals surface area contributed by atoms with Gasteiger partial charge in [-0.25, -0.2) is 0 Å². The number of carbonyl (C=O) groups is 1. The molecule has 1 aliphatic rings. The lowest BCUT2D eigenvalue weighted by molar-refractivity contribution is 0.0899. The molecule has 1 aromatic rings. The van der Waals surface area contributed by atoms with Gasteiger partial charge in [0.1, 0.15) is 0 Å². The number of ketones is 1. The molecule has 2 heteroatoms. The van der Waals surface area contributed by atoms with Gasteiger partial charge in [0.15, 0.2) is 5.78 Å². The van der Waals surface area contributed by atoms with Crippen molar-refractivity contribution in [1.82, 2.24) is 5.32 Å². The zero-order valence-corrected chi connectivity index (χ0v) is 12.7. The van der Waals surface area contributed by atoms with E-state index in [2.05, 4.69) is 24.4 Å². The van der Waals surface area contributed by atoms with Crippen LogP contribution in [0.3, 0.4) is 0 Å². The topological polar surface area (TPSA) is 29.1 Å². The molecule has 1 atom stereocenters. The molecule has 0 spiro atoms. The van der Waals surface area contributed by atoms with Crippen molar-refractivity contribution in [2.45, 2.75) is 51.9 Å². The van der Waals surface area contributed by atoms with Crippen LogP contribution in [-0.2, 0) is 6.42 Å². The van der Waals surface area contributed by atoms with E-state index in [0.717, 1.165) is 37.9 Å². The molecule has 1 heterocycles. The van der Waals surface area contributed by atoms with Gasteiger partial charge >= 0.3 is 0 Å². The molecule has 1 aliphatic heterocycles. The maximum Gasteiger partial charge on any atom is 0.167 e. The summed E-state index contributed by atoms with van der Waals surface area (Å²) in [5.41, 5.74) is 2.25. The molecule has 110 valence electrons. The number of Topliss-reactive ketones (excluding diaryl/α,β-unsaturated/α-hetero) is 1. The Labute approximate surface area is 123 Å². The molecule has 1 aromatic carbocycles. The van der Waals surface area contributed by atoms with Gasteiger partial charge in [0, 0.05) is 18.0 Å². The lowest BCUT2D eigenvalue weighted by Crippen LogP contribution is -2.34. The number of unbranched alkanes of at least 4 members (excludes halogenated alkanes) is 3. The summed E-state index contributed by atoms with van der Waals surface area (Å²) < 4.78 is 0.